The van der Waals surface area contributed by atoms with Crippen molar-refractivity contribution in [1.82, 2.24) is 31.0 Å². The van der Waals surface area contributed by atoms with Crippen molar-refractivity contribution in [1.29, 1.82) is 0 Å². The molecule has 0 bridgehead atoms. The number of hydrogen-bond donors (Lipinski definition) is 10. The summed E-state index contributed by atoms with van der Waals surface area (Å²) in [6, 6.07) is 17.6. The van der Waals surface area contributed by atoms with E-state index < -0.39 is 162 Å². The van der Waals surface area contributed by atoms with Crippen molar-refractivity contribution in [2.75, 3.05) is 26.7 Å². The number of benzene rings is 4. The molecule has 0 unspecified atom stereocenters. The number of primary amides is 1. The summed E-state index contributed by atoms with van der Waals surface area (Å²) in [4.78, 5) is 161. The first-order valence-electron chi connectivity index (χ1n) is 31.7. The molecular formula is C69H86FN7O18S. The van der Waals surface area contributed by atoms with Gasteiger partial charge in [-0.15, -0.1) is 0 Å². The minimum Gasteiger partial charge on any atom is -0.497 e. The Morgan fingerprint density at radius 1 is 0.583 bits per heavy atom. The zero-order valence-corrected chi connectivity index (χ0v) is 55.1. The molecule has 25 nitrogen and oxygen atoms in total. The molecule has 0 spiro atoms. The predicted octanol–water partition coefficient (Wildman–Crippen LogP) is 6.24. The van der Waals surface area contributed by atoms with Gasteiger partial charge in [-0.05, 0) is 130 Å². The number of carboxylic acids is 3. The number of aromatic amines is 1. The lowest BCUT2D eigenvalue weighted by molar-refractivity contribution is -0.140. The summed E-state index contributed by atoms with van der Waals surface area (Å²) >= 11 is 0. The number of unbranched alkanes of at least 4 members (excludes halogenated alkanes) is 3. The molecule has 1 heterocycles. The van der Waals surface area contributed by atoms with E-state index >= 15 is 0 Å². The van der Waals surface area contributed by atoms with Gasteiger partial charge in [-0.3, -0.25) is 57.5 Å². The molecule has 11 N–H and O–H groups in total. The van der Waals surface area contributed by atoms with Crippen LogP contribution in [0.25, 0.3) is 10.9 Å². The van der Waals surface area contributed by atoms with E-state index in [1.54, 1.807) is 30.5 Å². The van der Waals surface area contributed by atoms with Crippen LogP contribution >= 0.6 is 0 Å². The normalized spacial score (nSPS) is 13.2. The Balaban J connectivity index is 1.23. The summed E-state index contributed by atoms with van der Waals surface area (Å²) < 4.78 is 48.3. The number of rotatable bonds is 45. The topological polar surface area (TPSA) is 411 Å². The third kappa shape index (κ3) is 25.7. The molecule has 27 heteroatoms. The van der Waals surface area contributed by atoms with Crippen LogP contribution in [-0.4, -0.2) is 138 Å². The Morgan fingerprint density at radius 3 is 1.80 bits per heavy atom. The fourth-order valence-electron chi connectivity index (χ4n) is 11.4. The number of fused-ring (bicyclic) bond motifs is 1. The standard InChI is InChI=1S/C69H86FN7O18S/c1-41-29-42(2)64(43(3)30-41)69(92)73-28-11-9-14-45(65(71)88)33-51(78)16-6-5-10-27-72-66(89)46(19-25-61(82)83)36-59(80)57(35-49-39-74-56-18-8-7-17-55(49)56)76-68(91)48(31-44-13-12-15-50(70)32-44)34-52(79)40-75-67(90)47(20-26-62(84)85)37-60(81)58(38-63(86)87)77-96(93,94)54-23-21-53(95-4)22-24-54/h7-8,12-13,15,17-18,21-24,29-30,32,39,45-48,57-58,74,77H,5-6,9-11,14,16,19-20,25-28,31,33-38,40H2,1-4H3,(H2,71,88)(H,72,89)(H,73,92)(H,75,90)(H,76,91)(H,82,83)(H,84,85)(H,86,87)/t45-,46-,47-,48-,57+,58-/m1/s1. The first-order valence-corrected chi connectivity index (χ1v) is 33.2. The number of ketones is 4. The van der Waals surface area contributed by atoms with Gasteiger partial charge in [0.05, 0.1) is 37.1 Å². The first-order chi connectivity index (χ1) is 45.5. The number of carbonyl (C=O) groups excluding carboxylic acids is 9. The maximum atomic E-state index is 14.7. The summed E-state index contributed by atoms with van der Waals surface area (Å²) in [5, 5.41) is 40.3. The van der Waals surface area contributed by atoms with Crippen LogP contribution in [0.15, 0.2) is 96.0 Å². The Morgan fingerprint density at radius 2 is 1.19 bits per heavy atom. The Kier molecular flexibility index (Phi) is 30.7. The number of aromatic nitrogens is 1. The molecule has 5 amide bonds. The molecule has 0 aliphatic carbocycles. The molecule has 0 aliphatic heterocycles. The van der Waals surface area contributed by atoms with Gasteiger partial charge >= 0.3 is 17.9 Å². The van der Waals surface area contributed by atoms with Crippen molar-refractivity contribution in [3.05, 3.63) is 130 Å². The minimum absolute atomic E-state index is 0.0497. The van der Waals surface area contributed by atoms with Crippen LogP contribution in [0.3, 0.4) is 0 Å². The molecule has 6 atom stereocenters. The monoisotopic (exact) mass is 1350 g/mol. The molecule has 4 aromatic carbocycles. The van der Waals surface area contributed by atoms with Crippen LogP contribution in [0.1, 0.15) is 141 Å². The molecule has 518 valence electrons. The number of ether oxygens (including phenoxy) is 1. The number of hydrogen-bond acceptors (Lipinski definition) is 15. The van der Waals surface area contributed by atoms with Gasteiger partial charge < -0.3 is 52.0 Å². The third-order valence-electron chi connectivity index (χ3n) is 16.4. The number of carboxylic acid groups (broad SMARTS) is 3. The summed E-state index contributed by atoms with van der Waals surface area (Å²) in [6.07, 6.45) is -1.14. The van der Waals surface area contributed by atoms with Crippen molar-refractivity contribution < 1.29 is 90.4 Å². The number of carbonyl (C=O) groups is 12. The van der Waals surface area contributed by atoms with Crippen molar-refractivity contribution in [3.63, 3.8) is 0 Å². The molecule has 5 aromatic rings. The number of nitrogens with one attached hydrogen (secondary N) is 6. The van der Waals surface area contributed by atoms with Gasteiger partial charge in [0.15, 0.2) is 17.3 Å². The summed E-state index contributed by atoms with van der Waals surface area (Å²) in [6.45, 7) is 5.36. The van der Waals surface area contributed by atoms with E-state index in [-0.39, 0.29) is 60.8 Å². The molecule has 0 saturated carbocycles. The van der Waals surface area contributed by atoms with Crippen LogP contribution in [0.2, 0.25) is 0 Å². The maximum absolute atomic E-state index is 14.7. The molecule has 1 aromatic heterocycles. The largest absolute Gasteiger partial charge is 0.497 e. The van der Waals surface area contributed by atoms with Crippen LogP contribution in [-0.2, 0) is 75.6 Å². The van der Waals surface area contributed by atoms with Gasteiger partial charge in [-0.2, -0.15) is 0 Å². The molecular weight excluding hydrogens is 1270 g/mol. The quantitative estimate of drug-likeness (QED) is 0.0193. The highest BCUT2D eigenvalue weighted by Gasteiger charge is 2.35. The number of Topliss-reactive ketones (excluding diaryl/α,β-unsaturated/α-hetero) is 4. The van der Waals surface area contributed by atoms with Crippen molar-refractivity contribution in [3.8, 4) is 5.75 Å². The number of nitrogens with two attached hydrogens (primary N) is 1. The van der Waals surface area contributed by atoms with Gasteiger partial charge in [0, 0.05) is 111 Å². The zero-order valence-electron chi connectivity index (χ0n) is 54.3. The maximum Gasteiger partial charge on any atom is 0.305 e. The highest BCUT2D eigenvalue weighted by Crippen LogP contribution is 2.25. The molecule has 0 saturated heterocycles. The molecule has 0 aliphatic rings. The second kappa shape index (κ2) is 38.2. The van der Waals surface area contributed by atoms with Crippen molar-refractivity contribution in [2.24, 2.45) is 29.4 Å². The molecule has 96 heavy (non-hydrogen) atoms. The number of para-hydroxylation sites is 1. The van der Waals surface area contributed by atoms with Gasteiger partial charge in [0.1, 0.15) is 17.3 Å². The lowest BCUT2D eigenvalue weighted by Crippen LogP contribution is -2.47. The SMILES string of the molecule is COc1ccc(S(=O)(=O)N[C@H](CC(=O)O)C(=O)C[C@@H](CCC(=O)O)C(=O)NCC(=O)C[C@@H](Cc2cccc(F)c2)C(=O)N[C@@H](Cc2c[nH]c3ccccc23)C(=O)C[C@@H](CCC(=O)O)C(=O)NCCCCCC(=O)C[C@@H](CCCCNC(=O)c2c(C)cc(C)cc2C)C(N)=O)cc1. The summed E-state index contributed by atoms with van der Waals surface area (Å²) in [5.41, 5.74) is 10.6. The van der Waals surface area contributed by atoms with Crippen LogP contribution in [0.4, 0.5) is 4.39 Å². The fourth-order valence-corrected chi connectivity index (χ4v) is 12.6. The van der Waals surface area contributed by atoms with Crippen molar-refractivity contribution in [2.45, 2.75) is 153 Å². The lowest BCUT2D eigenvalue weighted by Gasteiger charge is -2.24. The van der Waals surface area contributed by atoms with Gasteiger partial charge in [0.25, 0.3) is 5.91 Å². The van der Waals surface area contributed by atoms with Crippen LogP contribution in [0.5, 0.6) is 5.75 Å². The Hall–Kier alpha value is -9.50. The van der Waals surface area contributed by atoms with E-state index in [9.17, 15) is 85.7 Å². The number of aryl methyl sites for hydroxylation is 3. The fraction of sp³-hybridized carbons (Fsp3) is 0.449. The number of sulfonamides is 1. The average Bonchev–Trinajstić information content (AvgIpc) is 1.53. The number of halogens is 1. The van der Waals surface area contributed by atoms with E-state index in [0.717, 1.165) is 41.0 Å². The zero-order chi connectivity index (χ0) is 70.6. The molecule has 0 radical (unpaired) electrons. The predicted molar refractivity (Wildman–Crippen MR) is 350 cm³/mol. The lowest BCUT2D eigenvalue weighted by atomic mass is 9.89. The van der Waals surface area contributed by atoms with Gasteiger partial charge in [-0.25, -0.2) is 17.5 Å². The highest BCUT2D eigenvalue weighted by molar-refractivity contribution is 7.89. The number of amides is 5. The van der Waals surface area contributed by atoms with Crippen LogP contribution in [0, 0.1) is 50.3 Å². The van der Waals surface area contributed by atoms with Gasteiger partial charge in [-0.1, -0.05) is 60.9 Å². The highest BCUT2D eigenvalue weighted by atomic mass is 32.2. The summed E-state index contributed by atoms with van der Waals surface area (Å²) in [5.74, 6) is -15.6. The first kappa shape index (κ1) is 77.2. The molecule has 0 fully saturated rings. The van der Waals surface area contributed by atoms with E-state index in [0.29, 0.717) is 72.8 Å². The molecule has 5 rings (SSSR count). The average molecular weight is 1350 g/mol. The van der Waals surface area contributed by atoms with Gasteiger partial charge in [0.2, 0.25) is 33.7 Å². The Bertz CT molecular complexity index is 3700. The van der Waals surface area contributed by atoms with E-state index in [2.05, 4.69) is 26.3 Å². The number of methoxy groups -OCH3 is 1. The van der Waals surface area contributed by atoms with E-state index in [1.165, 1.54) is 31.4 Å². The summed E-state index contributed by atoms with van der Waals surface area (Å²) in [7, 11) is -3.21. The van der Waals surface area contributed by atoms with E-state index in [4.69, 9.17) is 10.5 Å². The van der Waals surface area contributed by atoms with Crippen LogP contribution < -0.4 is 36.5 Å². The third-order valence-corrected chi connectivity index (χ3v) is 17.9. The minimum atomic E-state index is -4.55. The number of H-pyrrole nitrogens is 1. The smallest absolute Gasteiger partial charge is 0.305 e. The van der Waals surface area contributed by atoms with Crippen molar-refractivity contribution >= 4 is 91.5 Å². The second-order valence-corrected chi connectivity index (χ2v) is 25.8. The number of aliphatic carboxylic acids is 3. The van der Waals surface area contributed by atoms with E-state index in [1.807, 2.05) is 37.6 Å². The Labute approximate surface area is 556 Å². The second-order valence-electron chi connectivity index (χ2n) is 24.1.